The van der Waals surface area contributed by atoms with Gasteiger partial charge in [0.15, 0.2) is 5.69 Å². The summed E-state index contributed by atoms with van der Waals surface area (Å²) < 4.78 is 95.7. The summed E-state index contributed by atoms with van der Waals surface area (Å²) in [6.07, 6.45) is -3.83. The summed E-state index contributed by atoms with van der Waals surface area (Å²) in [5, 5.41) is 21.6. The number of hydrogen-bond donors (Lipinski definition) is 3. The van der Waals surface area contributed by atoms with Crippen molar-refractivity contribution < 1.29 is 45.0 Å². The van der Waals surface area contributed by atoms with Crippen LogP contribution in [0.3, 0.4) is 0 Å². The molecule has 2 aromatic rings. The standard InChI is InChI=1S/C24H31ClF5N5O5S/c1-4-35-19(15-11-32-13(9-16(15)40-21(26)27)10-22(2,3)24(28,29)30)17(25)18(34-35)20(36)33-12-23(37)7-5-14(6-8-23)41(31,38)39/h9,11,14,21,37H,4-8,10,12H2,1-3H3,(H,33,36)(H2,31,38,39)/t14-,23+. The predicted molar refractivity (Wildman–Crippen MR) is 139 cm³/mol. The molecule has 1 aliphatic rings. The van der Waals surface area contributed by atoms with Crippen LogP contribution in [0.15, 0.2) is 12.3 Å². The summed E-state index contributed by atoms with van der Waals surface area (Å²) in [5.74, 6) is -1.31. The fourth-order valence-electron chi connectivity index (χ4n) is 4.53. The SMILES string of the molecule is CCn1nc(C(=O)NC[C@]2(O)CC[C@@H](S(N)(=O)=O)CC2)c(Cl)c1-c1cnc(CC(C)(C)C(F)(F)F)cc1OC(F)F. The molecule has 0 spiro atoms. The first-order valence-corrected chi connectivity index (χ1v) is 14.6. The highest BCUT2D eigenvalue weighted by Crippen LogP contribution is 2.42. The van der Waals surface area contributed by atoms with E-state index in [1.54, 1.807) is 6.92 Å². The molecule has 0 unspecified atom stereocenters. The van der Waals surface area contributed by atoms with Gasteiger partial charge in [-0.15, -0.1) is 0 Å². The van der Waals surface area contributed by atoms with Gasteiger partial charge in [-0.3, -0.25) is 14.5 Å². The van der Waals surface area contributed by atoms with Crippen LogP contribution < -0.4 is 15.2 Å². The molecular formula is C24H31ClF5N5O5S. The Bertz CT molecular complexity index is 1380. The van der Waals surface area contributed by atoms with Crippen molar-refractivity contribution in [2.24, 2.45) is 10.6 Å². The van der Waals surface area contributed by atoms with Crippen LogP contribution in [-0.2, 0) is 23.0 Å². The maximum Gasteiger partial charge on any atom is 0.394 e. The number of alkyl halides is 5. The second-order valence-corrected chi connectivity index (χ2v) is 12.9. The molecule has 0 aliphatic heterocycles. The highest BCUT2D eigenvalue weighted by Gasteiger charge is 2.47. The lowest BCUT2D eigenvalue weighted by Crippen LogP contribution is -2.48. The molecule has 0 atom stereocenters. The smallest absolute Gasteiger partial charge is 0.394 e. The molecule has 0 saturated heterocycles. The van der Waals surface area contributed by atoms with E-state index in [4.69, 9.17) is 16.7 Å². The van der Waals surface area contributed by atoms with E-state index in [9.17, 15) is 40.3 Å². The van der Waals surface area contributed by atoms with Crippen LogP contribution in [-0.4, -0.2) is 64.4 Å². The summed E-state index contributed by atoms with van der Waals surface area (Å²) in [7, 11) is -3.76. The number of nitrogens with zero attached hydrogens (tertiary/aromatic N) is 3. The molecule has 0 bridgehead atoms. The number of pyridine rings is 1. The average Bonchev–Trinajstić information content (AvgIpc) is 3.17. The monoisotopic (exact) mass is 631 g/mol. The molecular weight excluding hydrogens is 601 g/mol. The van der Waals surface area contributed by atoms with Gasteiger partial charge in [0.25, 0.3) is 5.91 Å². The third-order valence-electron chi connectivity index (χ3n) is 7.10. The van der Waals surface area contributed by atoms with Gasteiger partial charge < -0.3 is 15.2 Å². The van der Waals surface area contributed by atoms with E-state index < -0.39 is 57.2 Å². The number of amides is 1. The molecule has 230 valence electrons. The van der Waals surface area contributed by atoms with Crippen LogP contribution in [0.25, 0.3) is 11.3 Å². The van der Waals surface area contributed by atoms with Crippen molar-refractivity contribution in [1.29, 1.82) is 0 Å². The molecule has 2 heterocycles. The number of carbonyl (C=O) groups is 1. The number of nitrogens with two attached hydrogens (primary N) is 1. The fourth-order valence-corrected chi connectivity index (χ4v) is 5.75. The Labute approximate surface area is 238 Å². The highest BCUT2D eigenvalue weighted by molar-refractivity contribution is 7.89. The molecule has 10 nitrogen and oxygen atoms in total. The van der Waals surface area contributed by atoms with Crippen molar-refractivity contribution >= 4 is 27.5 Å². The minimum atomic E-state index is -4.59. The molecule has 3 rings (SSSR count). The van der Waals surface area contributed by atoms with Crippen LogP contribution in [0.4, 0.5) is 22.0 Å². The molecule has 0 radical (unpaired) electrons. The molecule has 1 saturated carbocycles. The number of aromatic nitrogens is 3. The van der Waals surface area contributed by atoms with Crippen molar-refractivity contribution in [2.75, 3.05) is 6.54 Å². The summed E-state index contributed by atoms with van der Waals surface area (Å²) >= 11 is 6.47. The number of nitrogens with one attached hydrogen (secondary N) is 1. The predicted octanol–water partition coefficient (Wildman–Crippen LogP) is 4.04. The van der Waals surface area contributed by atoms with Gasteiger partial charge in [-0.25, -0.2) is 13.6 Å². The normalized spacial score (nSPS) is 20.3. The van der Waals surface area contributed by atoms with Crippen LogP contribution in [0.1, 0.15) is 62.6 Å². The fraction of sp³-hybridized carbons (Fsp3) is 0.625. The zero-order chi connectivity index (χ0) is 31.0. The lowest BCUT2D eigenvalue weighted by molar-refractivity contribution is -0.211. The van der Waals surface area contributed by atoms with E-state index in [2.05, 4.69) is 20.1 Å². The number of hydrogen-bond acceptors (Lipinski definition) is 7. The van der Waals surface area contributed by atoms with Crippen LogP contribution in [0, 0.1) is 5.41 Å². The number of aryl methyl sites for hydroxylation is 1. The third-order valence-corrected chi connectivity index (χ3v) is 8.86. The van der Waals surface area contributed by atoms with E-state index in [-0.39, 0.29) is 66.4 Å². The number of carbonyl (C=O) groups excluding carboxylic acids is 1. The number of halogens is 6. The Morgan fingerprint density at radius 3 is 2.44 bits per heavy atom. The van der Waals surface area contributed by atoms with Gasteiger partial charge in [-0.2, -0.15) is 27.1 Å². The summed E-state index contributed by atoms with van der Waals surface area (Å²) in [4.78, 5) is 17.0. The van der Waals surface area contributed by atoms with E-state index in [0.29, 0.717) is 0 Å². The minimum Gasteiger partial charge on any atom is -0.434 e. The van der Waals surface area contributed by atoms with Crippen molar-refractivity contribution in [2.45, 2.75) is 83.1 Å². The van der Waals surface area contributed by atoms with Gasteiger partial charge >= 0.3 is 12.8 Å². The first-order valence-electron chi connectivity index (χ1n) is 12.6. The quantitative estimate of drug-likeness (QED) is 0.335. The van der Waals surface area contributed by atoms with Crippen LogP contribution in [0.2, 0.25) is 5.02 Å². The first kappa shape index (κ1) is 32.9. The molecule has 1 fully saturated rings. The van der Waals surface area contributed by atoms with Gasteiger partial charge in [-0.05, 0) is 32.6 Å². The number of rotatable bonds is 10. The Morgan fingerprint density at radius 2 is 1.93 bits per heavy atom. The first-order chi connectivity index (χ1) is 18.8. The minimum absolute atomic E-state index is 0.0310. The summed E-state index contributed by atoms with van der Waals surface area (Å²) in [6.45, 7) is 0.0578. The largest absolute Gasteiger partial charge is 0.434 e. The highest BCUT2D eigenvalue weighted by atomic mass is 35.5. The van der Waals surface area contributed by atoms with Crippen molar-refractivity contribution in [1.82, 2.24) is 20.1 Å². The number of primary sulfonamides is 1. The van der Waals surface area contributed by atoms with Crippen LogP contribution in [0.5, 0.6) is 5.75 Å². The number of sulfonamides is 1. The van der Waals surface area contributed by atoms with E-state index in [1.165, 1.54) is 4.68 Å². The Kier molecular flexibility index (Phi) is 9.62. The Morgan fingerprint density at radius 1 is 1.32 bits per heavy atom. The molecule has 2 aromatic heterocycles. The third kappa shape index (κ3) is 7.64. The van der Waals surface area contributed by atoms with Gasteiger partial charge in [0.1, 0.15) is 5.75 Å². The topological polar surface area (TPSA) is 149 Å². The molecule has 41 heavy (non-hydrogen) atoms. The maximum atomic E-state index is 13.4. The van der Waals surface area contributed by atoms with Crippen molar-refractivity contribution in [3.8, 4) is 17.0 Å². The van der Waals surface area contributed by atoms with E-state index in [1.807, 2.05) is 0 Å². The zero-order valence-electron chi connectivity index (χ0n) is 22.4. The molecule has 1 amide bonds. The lowest BCUT2D eigenvalue weighted by atomic mass is 9.84. The van der Waals surface area contributed by atoms with E-state index in [0.717, 1.165) is 26.1 Å². The van der Waals surface area contributed by atoms with Gasteiger partial charge in [-0.1, -0.05) is 25.4 Å². The van der Waals surface area contributed by atoms with Gasteiger partial charge in [0, 0.05) is 37.5 Å². The van der Waals surface area contributed by atoms with Crippen LogP contribution >= 0.6 is 11.6 Å². The van der Waals surface area contributed by atoms with Crippen molar-refractivity contribution in [3.05, 3.63) is 28.7 Å². The average molecular weight is 632 g/mol. The molecule has 1 aliphatic carbocycles. The van der Waals surface area contributed by atoms with Crippen molar-refractivity contribution in [3.63, 3.8) is 0 Å². The summed E-state index contributed by atoms with van der Waals surface area (Å²) in [6, 6.07) is 0.964. The second-order valence-electron chi connectivity index (χ2n) is 10.6. The van der Waals surface area contributed by atoms with Gasteiger partial charge in [0.2, 0.25) is 10.0 Å². The van der Waals surface area contributed by atoms with Gasteiger partial charge in [0.05, 0.1) is 32.5 Å². The lowest BCUT2D eigenvalue weighted by Gasteiger charge is -2.35. The second kappa shape index (κ2) is 12.0. The maximum absolute atomic E-state index is 13.4. The molecule has 0 aromatic carbocycles. The zero-order valence-corrected chi connectivity index (χ0v) is 24.0. The number of aliphatic hydroxyl groups is 1. The van der Waals surface area contributed by atoms with E-state index >= 15 is 0 Å². The molecule has 17 heteroatoms. The number of ether oxygens (including phenoxy) is 1. The molecule has 4 N–H and O–H groups in total. The Hall–Kier alpha value is -2.56. The Balaban J connectivity index is 1.89. The summed E-state index contributed by atoms with van der Waals surface area (Å²) in [5.41, 5.74) is -4.24.